The molecule has 0 saturated heterocycles. The number of guanidine groups is 1. The highest BCUT2D eigenvalue weighted by molar-refractivity contribution is 14.0. The van der Waals surface area contributed by atoms with Crippen molar-refractivity contribution in [3.63, 3.8) is 0 Å². The largest absolute Gasteiger partial charge is 0.390 e. The summed E-state index contributed by atoms with van der Waals surface area (Å²) in [6.07, 6.45) is -2.37. The number of ether oxygens (including phenoxy) is 1. The molecule has 0 unspecified atom stereocenters. The molecule has 1 aromatic carbocycles. The number of aliphatic imine (C=N–C) groups is 1. The van der Waals surface area contributed by atoms with Crippen LogP contribution in [0.4, 0.5) is 13.2 Å². The lowest BCUT2D eigenvalue weighted by Gasteiger charge is -2.12. The Morgan fingerprint density at radius 3 is 2.36 bits per heavy atom. The standard InChI is InChI=1S/C17H26F3N3O.HI/c1-21-16(23-12-10-17(18,19)20)22-11-5-6-13-24-14-9-15-7-3-2-4-8-15;/h2-4,7-8H,5-6,9-14H2,1H3,(H2,21,22,23);1H. The number of nitrogens with one attached hydrogen (secondary N) is 2. The summed E-state index contributed by atoms with van der Waals surface area (Å²) in [6, 6.07) is 10.2. The second-order valence-corrected chi connectivity index (χ2v) is 5.35. The molecule has 0 bridgehead atoms. The zero-order valence-electron chi connectivity index (χ0n) is 14.4. The fourth-order valence-corrected chi connectivity index (χ4v) is 2.02. The predicted molar refractivity (Wildman–Crippen MR) is 106 cm³/mol. The minimum Gasteiger partial charge on any atom is -0.381 e. The number of unbranched alkanes of at least 4 members (excludes halogenated alkanes) is 1. The van der Waals surface area contributed by atoms with Crippen LogP contribution in [0.3, 0.4) is 0 Å². The Labute approximate surface area is 164 Å². The van der Waals surface area contributed by atoms with Crippen molar-refractivity contribution < 1.29 is 17.9 Å². The molecule has 2 N–H and O–H groups in total. The molecule has 4 nitrogen and oxygen atoms in total. The van der Waals surface area contributed by atoms with Gasteiger partial charge in [0, 0.05) is 26.7 Å². The van der Waals surface area contributed by atoms with Crippen LogP contribution in [-0.2, 0) is 11.2 Å². The number of nitrogens with zero attached hydrogens (tertiary/aromatic N) is 1. The van der Waals surface area contributed by atoms with Crippen molar-refractivity contribution in [2.45, 2.75) is 31.9 Å². The van der Waals surface area contributed by atoms with Crippen LogP contribution >= 0.6 is 24.0 Å². The Morgan fingerprint density at radius 2 is 1.72 bits per heavy atom. The van der Waals surface area contributed by atoms with Crippen LogP contribution in [-0.4, -0.2) is 45.5 Å². The number of hydrogen-bond donors (Lipinski definition) is 2. The van der Waals surface area contributed by atoms with E-state index >= 15 is 0 Å². The normalized spacial score (nSPS) is 11.8. The third kappa shape index (κ3) is 13.9. The number of halogens is 4. The molecule has 0 fully saturated rings. The summed E-state index contributed by atoms with van der Waals surface area (Å²) >= 11 is 0. The first-order valence-electron chi connectivity index (χ1n) is 8.14. The van der Waals surface area contributed by atoms with Crippen molar-refractivity contribution in [1.29, 1.82) is 0 Å². The fraction of sp³-hybridized carbons (Fsp3) is 0.588. The Bertz CT molecular complexity index is 470. The summed E-state index contributed by atoms with van der Waals surface area (Å²) in [6.45, 7) is 1.84. The van der Waals surface area contributed by atoms with Crippen molar-refractivity contribution in [2.24, 2.45) is 4.99 Å². The van der Waals surface area contributed by atoms with E-state index in [2.05, 4.69) is 27.8 Å². The Kier molecular flexibility index (Phi) is 13.6. The molecule has 25 heavy (non-hydrogen) atoms. The van der Waals surface area contributed by atoms with E-state index in [9.17, 15) is 13.2 Å². The van der Waals surface area contributed by atoms with Crippen LogP contribution < -0.4 is 10.6 Å². The van der Waals surface area contributed by atoms with Gasteiger partial charge in [0.25, 0.3) is 0 Å². The molecule has 0 spiro atoms. The highest BCUT2D eigenvalue weighted by Gasteiger charge is 2.26. The van der Waals surface area contributed by atoms with Gasteiger partial charge in [-0.1, -0.05) is 30.3 Å². The van der Waals surface area contributed by atoms with Crippen LogP contribution in [0, 0.1) is 0 Å². The first-order chi connectivity index (χ1) is 11.5. The van der Waals surface area contributed by atoms with E-state index in [0.29, 0.717) is 25.7 Å². The minimum absolute atomic E-state index is 0. The highest BCUT2D eigenvalue weighted by atomic mass is 127. The van der Waals surface area contributed by atoms with E-state index in [-0.39, 0.29) is 30.5 Å². The number of rotatable bonds is 10. The summed E-state index contributed by atoms with van der Waals surface area (Å²) < 4.78 is 41.7. The summed E-state index contributed by atoms with van der Waals surface area (Å²) in [7, 11) is 1.54. The van der Waals surface area contributed by atoms with Crippen molar-refractivity contribution in [2.75, 3.05) is 33.4 Å². The molecule has 0 aliphatic rings. The smallest absolute Gasteiger partial charge is 0.381 e. The summed E-state index contributed by atoms with van der Waals surface area (Å²) in [5.74, 6) is 0.393. The van der Waals surface area contributed by atoms with E-state index in [1.165, 1.54) is 12.6 Å². The van der Waals surface area contributed by atoms with Crippen molar-refractivity contribution in [1.82, 2.24) is 10.6 Å². The molecule has 0 amide bonds. The van der Waals surface area contributed by atoms with Crippen LogP contribution in [0.5, 0.6) is 0 Å². The second kappa shape index (κ2) is 14.2. The lowest BCUT2D eigenvalue weighted by atomic mass is 10.2. The third-order valence-corrected chi connectivity index (χ3v) is 3.31. The first kappa shape index (κ1) is 24.0. The maximum absolute atomic E-state index is 12.1. The van der Waals surface area contributed by atoms with E-state index in [4.69, 9.17) is 4.74 Å². The molecule has 0 radical (unpaired) electrons. The zero-order chi connectivity index (χ0) is 17.7. The van der Waals surface area contributed by atoms with Gasteiger partial charge in [0.1, 0.15) is 0 Å². The van der Waals surface area contributed by atoms with Gasteiger partial charge in [0.2, 0.25) is 0 Å². The Morgan fingerprint density at radius 1 is 1.04 bits per heavy atom. The molecule has 0 saturated carbocycles. The summed E-state index contributed by atoms with van der Waals surface area (Å²) in [4.78, 5) is 3.88. The molecule has 144 valence electrons. The summed E-state index contributed by atoms with van der Waals surface area (Å²) in [5, 5.41) is 5.63. The monoisotopic (exact) mass is 473 g/mol. The van der Waals surface area contributed by atoms with Gasteiger partial charge < -0.3 is 15.4 Å². The van der Waals surface area contributed by atoms with Gasteiger partial charge >= 0.3 is 6.18 Å². The third-order valence-electron chi connectivity index (χ3n) is 3.31. The topological polar surface area (TPSA) is 45.7 Å². The Hall–Kier alpha value is -1.03. The van der Waals surface area contributed by atoms with E-state index < -0.39 is 12.6 Å². The SMILES string of the molecule is CN=C(NCCCCOCCc1ccccc1)NCCC(F)(F)F.I. The fourth-order valence-electron chi connectivity index (χ4n) is 2.02. The van der Waals surface area contributed by atoms with Crippen LogP contribution in [0.25, 0.3) is 0 Å². The van der Waals surface area contributed by atoms with Gasteiger partial charge in [-0.15, -0.1) is 24.0 Å². The average Bonchev–Trinajstić information content (AvgIpc) is 2.55. The van der Waals surface area contributed by atoms with E-state index in [1.807, 2.05) is 18.2 Å². The average molecular weight is 473 g/mol. The Balaban J connectivity index is 0.00000576. The van der Waals surface area contributed by atoms with Crippen LogP contribution in [0.1, 0.15) is 24.8 Å². The van der Waals surface area contributed by atoms with E-state index in [1.54, 1.807) is 0 Å². The van der Waals surface area contributed by atoms with E-state index in [0.717, 1.165) is 19.3 Å². The van der Waals surface area contributed by atoms with Crippen molar-refractivity contribution >= 4 is 29.9 Å². The lowest BCUT2D eigenvalue weighted by molar-refractivity contribution is -0.132. The van der Waals surface area contributed by atoms with Crippen LogP contribution in [0.2, 0.25) is 0 Å². The summed E-state index contributed by atoms with van der Waals surface area (Å²) in [5.41, 5.74) is 1.26. The molecule has 0 aromatic heterocycles. The first-order valence-corrected chi connectivity index (χ1v) is 8.14. The number of benzene rings is 1. The van der Waals surface area contributed by atoms with Crippen molar-refractivity contribution in [3.05, 3.63) is 35.9 Å². The molecule has 0 aliphatic carbocycles. The maximum atomic E-state index is 12.1. The number of alkyl halides is 3. The quantitative estimate of drug-likeness (QED) is 0.236. The minimum atomic E-state index is -4.15. The molecular formula is C17H27F3IN3O. The predicted octanol–water partition coefficient (Wildman–Crippen LogP) is 3.76. The van der Waals surface area contributed by atoms with Gasteiger partial charge in [0.15, 0.2) is 5.96 Å². The molecule has 0 aliphatic heterocycles. The van der Waals surface area contributed by atoms with Crippen molar-refractivity contribution in [3.8, 4) is 0 Å². The van der Waals surface area contributed by atoms with Gasteiger partial charge in [-0.3, -0.25) is 4.99 Å². The van der Waals surface area contributed by atoms with Gasteiger partial charge in [-0.2, -0.15) is 13.2 Å². The van der Waals surface area contributed by atoms with Gasteiger partial charge in [0.05, 0.1) is 13.0 Å². The lowest BCUT2D eigenvalue weighted by Crippen LogP contribution is -2.39. The van der Waals surface area contributed by atoms with Crippen LogP contribution in [0.15, 0.2) is 35.3 Å². The molecule has 0 heterocycles. The van der Waals surface area contributed by atoms with Gasteiger partial charge in [-0.25, -0.2) is 0 Å². The molecule has 8 heteroatoms. The zero-order valence-corrected chi connectivity index (χ0v) is 16.8. The number of hydrogen-bond acceptors (Lipinski definition) is 2. The maximum Gasteiger partial charge on any atom is 0.390 e. The van der Waals surface area contributed by atoms with Gasteiger partial charge in [-0.05, 0) is 24.8 Å². The second-order valence-electron chi connectivity index (χ2n) is 5.35. The highest BCUT2D eigenvalue weighted by Crippen LogP contribution is 2.17. The molecule has 0 atom stereocenters. The molecular weight excluding hydrogens is 446 g/mol. The molecule has 1 aromatic rings. The molecule has 1 rings (SSSR count).